The molecule has 1 aliphatic rings. The molecule has 1 saturated heterocycles. The van der Waals surface area contributed by atoms with Crippen molar-refractivity contribution in [3.05, 3.63) is 47.7 Å². The molecule has 0 aliphatic carbocycles. The molecule has 3 heterocycles. The highest BCUT2D eigenvalue weighted by Crippen LogP contribution is 2.24. The van der Waals surface area contributed by atoms with Crippen LogP contribution >= 0.6 is 11.3 Å². The van der Waals surface area contributed by atoms with Crippen LogP contribution in [-0.4, -0.2) is 41.1 Å². The van der Waals surface area contributed by atoms with E-state index in [1.165, 1.54) is 0 Å². The molecule has 0 saturated carbocycles. The third-order valence-corrected chi connectivity index (χ3v) is 5.73. The van der Waals surface area contributed by atoms with Crippen LogP contribution in [-0.2, 0) is 11.3 Å². The van der Waals surface area contributed by atoms with E-state index in [2.05, 4.69) is 20.4 Å². The number of amides is 1. The smallest absolute Gasteiger partial charge is 0.241 e. The molecule has 146 valence electrons. The van der Waals surface area contributed by atoms with Crippen molar-refractivity contribution in [1.82, 2.24) is 15.0 Å². The second kappa shape index (κ2) is 8.53. The van der Waals surface area contributed by atoms with Crippen molar-refractivity contribution < 1.29 is 14.1 Å². The number of rotatable bonds is 6. The minimum absolute atomic E-state index is 0.00631. The normalized spacial score (nSPS) is 15.5. The van der Waals surface area contributed by atoms with Crippen LogP contribution in [0, 0.1) is 5.92 Å². The number of nitrogens with one attached hydrogen (secondary N) is 1. The van der Waals surface area contributed by atoms with Crippen molar-refractivity contribution in [2.24, 2.45) is 5.92 Å². The summed E-state index contributed by atoms with van der Waals surface area (Å²) in [5.74, 6) is 2.05. The van der Waals surface area contributed by atoms with Gasteiger partial charge in [-0.15, -0.1) is 11.3 Å². The van der Waals surface area contributed by atoms with Gasteiger partial charge in [0.2, 0.25) is 17.6 Å². The Balaban J connectivity index is 1.28. The molecule has 1 aliphatic heterocycles. The summed E-state index contributed by atoms with van der Waals surface area (Å²) in [6.07, 6.45) is 1.61. The molecule has 2 aromatic heterocycles. The van der Waals surface area contributed by atoms with Crippen molar-refractivity contribution in [1.29, 1.82) is 0 Å². The number of benzene rings is 1. The second-order valence-corrected chi connectivity index (χ2v) is 7.71. The van der Waals surface area contributed by atoms with Gasteiger partial charge >= 0.3 is 0 Å². The lowest BCUT2D eigenvalue weighted by Crippen LogP contribution is -2.37. The molecular formula is C20H22N4O3S. The van der Waals surface area contributed by atoms with E-state index in [1.807, 2.05) is 41.8 Å². The Hall–Kier alpha value is -2.71. The zero-order chi connectivity index (χ0) is 19.3. The highest BCUT2D eigenvalue weighted by molar-refractivity contribution is 7.13. The fourth-order valence-electron chi connectivity index (χ4n) is 3.31. The Bertz CT molecular complexity index is 917. The topological polar surface area (TPSA) is 80.5 Å². The SMILES string of the molecule is COc1cccc(NC(=O)C2CCN(Cc3nc(-c4cccs4)no3)CC2)c1. The molecule has 7 nitrogen and oxygen atoms in total. The zero-order valence-corrected chi connectivity index (χ0v) is 16.4. The van der Waals surface area contributed by atoms with Gasteiger partial charge in [-0.2, -0.15) is 4.98 Å². The molecule has 4 rings (SSSR count). The number of thiophene rings is 1. The molecule has 1 aromatic carbocycles. The monoisotopic (exact) mass is 398 g/mol. The number of carbonyl (C=O) groups is 1. The summed E-state index contributed by atoms with van der Waals surface area (Å²) in [4.78, 5) is 20.3. The van der Waals surface area contributed by atoms with E-state index in [0.717, 1.165) is 42.2 Å². The number of anilines is 1. The Morgan fingerprint density at radius 1 is 1.32 bits per heavy atom. The molecule has 1 N–H and O–H groups in total. The zero-order valence-electron chi connectivity index (χ0n) is 15.6. The Morgan fingerprint density at radius 2 is 2.18 bits per heavy atom. The van der Waals surface area contributed by atoms with Gasteiger partial charge in [0, 0.05) is 17.7 Å². The van der Waals surface area contributed by atoms with Gasteiger partial charge in [-0.1, -0.05) is 17.3 Å². The first-order valence-corrected chi connectivity index (χ1v) is 10.1. The van der Waals surface area contributed by atoms with Gasteiger partial charge < -0.3 is 14.6 Å². The van der Waals surface area contributed by atoms with E-state index < -0.39 is 0 Å². The number of hydrogen-bond donors (Lipinski definition) is 1. The lowest BCUT2D eigenvalue weighted by atomic mass is 9.96. The number of methoxy groups -OCH3 is 1. The van der Waals surface area contributed by atoms with E-state index in [1.54, 1.807) is 18.4 Å². The molecule has 0 radical (unpaired) electrons. The maximum absolute atomic E-state index is 12.6. The molecule has 0 atom stereocenters. The van der Waals surface area contributed by atoms with Gasteiger partial charge in [0.1, 0.15) is 5.75 Å². The fraction of sp³-hybridized carbons (Fsp3) is 0.350. The molecule has 3 aromatic rings. The Kier molecular flexibility index (Phi) is 5.68. The quantitative estimate of drug-likeness (QED) is 0.683. The van der Waals surface area contributed by atoms with Crippen LogP contribution in [0.2, 0.25) is 0 Å². The first kappa shape index (κ1) is 18.6. The molecule has 28 heavy (non-hydrogen) atoms. The maximum atomic E-state index is 12.6. The molecule has 1 fully saturated rings. The van der Waals surface area contributed by atoms with Crippen LogP contribution < -0.4 is 10.1 Å². The van der Waals surface area contributed by atoms with Gasteiger partial charge in [0.25, 0.3) is 0 Å². The standard InChI is InChI=1S/C20H22N4O3S/c1-26-16-5-2-4-15(12-16)21-20(25)14-7-9-24(10-8-14)13-18-22-19(23-27-18)17-6-3-11-28-17/h2-6,11-12,14H,7-10,13H2,1H3,(H,21,25). The summed E-state index contributed by atoms with van der Waals surface area (Å²) in [6.45, 7) is 2.27. The highest BCUT2D eigenvalue weighted by Gasteiger charge is 2.26. The number of likely N-dealkylation sites (tertiary alicyclic amines) is 1. The first-order valence-electron chi connectivity index (χ1n) is 9.25. The molecular weight excluding hydrogens is 376 g/mol. The van der Waals surface area contributed by atoms with Crippen molar-refractivity contribution >= 4 is 22.9 Å². The van der Waals surface area contributed by atoms with Crippen molar-refractivity contribution in [3.8, 4) is 16.5 Å². The minimum Gasteiger partial charge on any atom is -0.497 e. The molecule has 8 heteroatoms. The first-order chi connectivity index (χ1) is 13.7. The average molecular weight is 398 g/mol. The minimum atomic E-state index is 0.00631. The van der Waals surface area contributed by atoms with Gasteiger partial charge in [0.15, 0.2) is 0 Å². The Morgan fingerprint density at radius 3 is 2.93 bits per heavy atom. The second-order valence-electron chi connectivity index (χ2n) is 6.76. The number of aromatic nitrogens is 2. The van der Waals surface area contributed by atoms with Gasteiger partial charge in [-0.25, -0.2) is 0 Å². The van der Waals surface area contributed by atoms with Crippen molar-refractivity contribution in [3.63, 3.8) is 0 Å². The van der Waals surface area contributed by atoms with Crippen LogP contribution in [0.25, 0.3) is 10.7 Å². The predicted octanol–water partition coefficient (Wildman–Crippen LogP) is 3.66. The van der Waals surface area contributed by atoms with E-state index in [4.69, 9.17) is 9.26 Å². The van der Waals surface area contributed by atoms with Crippen LogP contribution in [0.3, 0.4) is 0 Å². The predicted molar refractivity (Wildman–Crippen MR) is 107 cm³/mol. The summed E-state index contributed by atoms with van der Waals surface area (Å²) < 4.78 is 10.6. The number of ether oxygens (including phenoxy) is 1. The van der Waals surface area contributed by atoms with E-state index in [0.29, 0.717) is 18.3 Å². The number of carbonyl (C=O) groups excluding carboxylic acids is 1. The Labute approximate surface area is 167 Å². The maximum Gasteiger partial charge on any atom is 0.241 e. The summed E-state index contributed by atoms with van der Waals surface area (Å²) in [7, 11) is 1.61. The van der Waals surface area contributed by atoms with Crippen LogP contribution in [0.4, 0.5) is 5.69 Å². The fourth-order valence-corrected chi connectivity index (χ4v) is 3.96. The van der Waals surface area contributed by atoms with E-state index in [9.17, 15) is 4.79 Å². The van der Waals surface area contributed by atoms with Gasteiger partial charge in [-0.05, 0) is 49.5 Å². The lowest BCUT2D eigenvalue weighted by Gasteiger charge is -2.30. The van der Waals surface area contributed by atoms with E-state index >= 15 is 0 Å². The van der Waals surface area contributed by atoms with Gasteiger partial charge in [-0.3, -0.25) is 9.69 Å². The summed E-state index contributed by atoms with van der Waals surface area (Å²) in [5.41, 5.74) is 0.763. The van der Waals surface area contributed by atoms with Crippen LogP contribution in [0.15, 0.2) is 46.3 Å². The molecule has 0 spiro atoms. The molecule has 0 unspecified atom stereocenters. The number of hydrogen-bond acceptors (Lipinski definition) is 7. The van der Waals surface area contributed by atoms with Crippen LogP contribution in [0.5, 0.6) is 5.75 Å². The molecule has 0 bridgehead atoms. The largest absolute Gasteiger partial charge is 0.497 e. The third-order valence-electron chi connectivity index (χ3n) is 4.86. The van der Waals surface area contributed by atoms with Crippen LogP contribution in [0.1, 0.15) is 18.7 Å². The highest BCUT2D eigenvalue weighted by atomic mass is 32.1. The summed E-state index contributed by atoms with van der Waals surface area (Å²) in [6, 6.07) is 11.4. The molecule has 1 amide bonds. The summed E-state index contributed by atoms with van der Waals surface area (Å²) >= 11 is 1.59. The summed E-state index contributed by atoms with van der Waals surface area (Å²) in [5, 5.41) is 9.04. The van der Waals surface area contributed by atoms with Crippen molar-refractivity contribution in [2.75, 3.05) is 25.5 Å². The number of nitrogens with zero attached hydrogens (tertiary/aromatic N) is 3. The average Bonchev–Trinajstić information content (AvgIpc) is 3.40. The van der Waals surface area contributed by atoms with Gasteiger partial charge in [0.05, 0.1) is 18.5 Å². The van der Waals surface area contributed by atoms with E-state index in [-0.39, 0.29) is 11.8 Å². The third kappa shape index (κ3) is 4.40. The number of piperidine rings is 1. The van der Waals surface area contributed by atoms with Crippen molar-refractivity contribution in [2.45, 2.75) is 19.4 Å². The lowest BCUT2D eigenvalue weighted by molar-refractivity contribution is -0.121.